The van der Waals surface area contributed by atoms with Crippen LogP contribution >= 0.6 is 0 Å². The molecule has 0 saturated heterocycles. The highest BCUT2D eigenvalue weighted by Crippen LogP contribution is 2.25. The van der Waals surface area contributed by atoms with Crippen molar-refractivity contribution >= 4 is 30.9 Å². The lowest BCUT2D eigenvalue weighted by Gasteiger charge is -2.36. The highest BCUT2D eigenvalue weighted by Gasteiger charge is 2.31. The lowest BCUT2D eigenvalue weighted by atomic mass is 10.00. The fourth-order valence-electron chi connectivity index (χ4n) is 4.41. The average molecular weight is 549 g/mol. The fourth-order valence-corrected chi connectivity index (χ4v) is 8.09. The molecule has 0 fully saturated rings. The maximum Gasteiger partial charge on any atom is 0.305 e. The minimum atomic E-state index is -1.71. The Morgan fingerprint density at radius 2 is 0.943 bits per heavy atom. The van der Waals surface area contributed by atoms with Gasteiger partial charge < -0.3 is 18.0 Å². The van der Waals surface area contributed by atoms with Gasteiger partial charge in [0.1, 0.15) is 0 Å². The number of hydrogen-bond acceptors (Lipinski definition) is 5. The summed E-state index contributed by atoms with van der Waals surface area (Å²) in [6.07, 6.45) is 13.8. The molecular formula is C27H60O5Si3. The van der Waals surface area contributed by atoms with Crippen LogP contribution in [0.25, 0.3) is 0 Å². The normalized spacial score (nSPS) is 15.6. The number of rotatable bonds is 21. The molecule has 210 valence electrons. The molecule has 8 heteroatoms. The Bertz CT molecular complexity index is 552. The Kier molecular flexibility index (Phi) is 17.5. The zero-order valence-corrected chi connectivity index (χ0v) is 28.3. The molecule has 0 spiro atoms. The molecule has 35 heavy (non-hydrogen) atoms. The molecule has 0 aromatic carbocycles. The van der Waals surface area contributed by atoms with Crippen LogP contribution in [0.5, 0.6) is 0 Å². The van der Waals surface area contributed by atoms with Crippen molar-refractivity contribution in [3.63, 3.8) is 0 Å². The van der Waals surface area contributed by atoms with Crippen molar-refractivity contribution in [1.82, 2.24) is 0 Å². The van der Waals surface area contributed by atoms with Gasteiger partial charge in [-0.15, -0.1) is 0 Å². The zero-order valence-electron chi connectivity index (χ0n) is 25.3. The van der Waals surface area contributed by atoms with E-state index in [2.05, 4.69) is 65.8 Å². The van der Waals surface area contributed by atoms with E-state index in [1.165, 1.54) is 52.1 Å². The molecule has 0 aliphatic heterocycles. The predicted molar refractivity (Wildman–Crippen MR) is 158 cm³/mol. The van der Waals surface area contributed by atoms with Gasteiger partial charge in [-0.2, -0.15) is 0 Å². The van der Waals surface area contributed by atoms with Crippen LogP contribution in [0.3, 0.4) is 0 Å². The quantitative estimate of drug-likeness (QED) is 0.0817. The first kappa shape index (κ1) is 35.0. The van der Waals surface area contributed by atoms with Gasteiger partial charge >= 0.3 is 5.97 Å². The summed E-state index contributed by atoms with van der Waals surface area (Å²) in [6, 6.07) is 0. The fraction of sp³-hybridized carbons (Fsp3) is 0.963. The van der Waals surface area contributed by atoms with Crippen molar-refractivity contribution in [2.45, 2.75) is 161 Å². The summed E-state index contributed by atoms with van der Waals surface area (Å²) < 4.78 is 24.3. The predicted octanol–water partition coefficient (Wildman–Crippen LogP) is 8.52. The van der Waals surface area contributed by atoms with Gasteiger partial charge in [0.05, 0.1) is 19.3 Å². The van der Waals surface area contributed by atoms with E-state index in [1.807, 2.05) is 0 Å². The largest absolute Gasteiger partial charge is 0.469 e. The van der Waals surface area contributed by atoms with Crippen molar-refractivity contribution in [2.24, 2.45) is 0 Å². The van der Waals surface area contributed by atoms with Crippen LogP contribution in [0.2, 0.25) is 58.9 Å². The molecule has 0 bridgehead atoms. The van der Waals surface area contributed by atoms with E-state index in [0.717, 1.165) is 25.7 Å². The number of methoxy groups -OCH3 is 1. The number of esters is 1. The van der Waals surface area contributed by atoms with E-state index in [4.69, 9.17) is 18.0 Å². The summed E-state index contributed by atoms with van der Waals surface area (Å²) in [5.74, 6) is -0.124. The number of ether oxygens (including phenoxy) is 1. The molecule has 0 radical (unpaired) electrons. The molecule has 5 nitrogen and oxygen atoms in total. The van der Waals surface area contributed by atoms with Crippen molar-refractivity contribution in [2.75, 3.05) is 7.11 Å². The summed E-state index contributed by atoms with van der Waals surface area (Å²) >= 11 is 0. The maximum absolute atomic E-state index is 11.5. The molecule has 0 N–H and O–H groups in total. The minimum absolute atomic E-state index is 0.124. The van der Waals surface area contributed by atoms with Crippen LogP contribution in [-0.4, -0.2) is 56.3 Å². The lowest BCUT2D eigenvalue weighted by molar-refractivity contribution is -0.140. The number of carbonyl (C=O) groups excluding carboxylic acids is 1. The van der Waals surface area contributed by atoms with Crippen molar-refractivity contribution in [3.8, 4) is 0 Å². The van der Waals surface area contributed by atoms with Crippen LogP contribution < -0.4 is 0 Å². The van der Waals surface area contributed by atoms with Gasteiger partial charge in [-0.25, -0.2) is 0 Å². The second kappa shape index (κ2) is 17.5. The SMILES string of the molecule is COC(=O)CCCC[C@H](O[Si](C)(C)C)[C@H](CCCCCCCC[C@H](C)O[Si](C)(C)C)O[Si](C)(C)C. The summed E-state index contributed by atoms with van der Waals surface area (Å²) in [6.45, 7) is 22.6. The van der Waals surface area contributed by atoms with Gasteiger partial charge in [-0.05, 0) is 91.5 Å². The topological polar surface area (TPSA) is 54.0 Å². The van der Waals surface area contributed by atoms with E-state index in [-0.39, 0.29) is 18.2 Å². The number of carbonyl (C=O) groups is 1. The molecule has 0 rings (SSSR count). The van der Waals surface area contributed by atoms with Gasteiger partial charge in [0.15, 0.2) is 25.0 Å². The number of hydrogen-bond donors (Lipinski definition) is 0. The highest BCUT2D eigenvalue weighted by molar-refractivity contribution is 6.70. The molecule has 0 saturated carbocycles. The summed E-state index contributed by atoms with van der Waals surface area (Å²) in [7, 11) is -3.35. The molecule has 0 amide bonds. The molecule has 0 aliphatic rings. The van der Waals surface area contributed by atoms with E-state index in [9.17, 15) is 4.79 Å². The maximum atomic E-state index is 11.5. The second-order valence-corrected chi connectivity index (χ2v) is 26.5. The molecular weight excluding hydrogens is 489 g/mol. The van der Waals surface area contributed by atoms with Crippen molar-refractivity contribution < 1.29 is 22.8 Å². The summed E-state index contributed by atoms with van der Waals surface area (Å²) in [5, 5.41) is 0. The molecule has 0 heterocycles. The van der Waals surface area contributed by atoms with Crippen LogP contribution in [0.15, 0.2) is 0 Å². The van der Waals surface area contributed by atoms with Crippen molar-refractivity contribution in [1.29, 1.82) is 0 Å². The Labute approximate surface area is 221 Å². The van der Waals surface area contributed by atoms with Crippen LogP contribution in [0, 0.1) is 0 Å². The zero-order chi connectivity index (χ0) is 27.1. The molecule has 0 aliphatic carbocycles. The lowest BCUT2D eigenvalue weighted by Crippen LogP contribution is -2.44. The summed E-state index contributed by atoms with van der Waals surface area (Å²) in [4.78, 5) is 11.5. The first-order valence-corrected chi connectivity index (χ1v) is 24.3. The van der Waals surface area contributed by atoms with E-state index >= 15 is 0 Å². The van der Waals surface area contributed by atoms with E-state index < -0.39 is 25.0 Å². The Morgan fingerprint density at radius 1 is 0.571 bits per heavy atom. The summed E-state index contributed by atoms with van der Waals surface area (Å²) in [5.41, 5.74) is 0. The number of unbranched alkanes of at least 4 members (excludes halogenated alkanes) is 6. The van der Waals surface area contributed by atoms with Gasteiger partial charge in [-0.3, -0.25) is 4.79 Å². The second-order valence-electron chi connectivity index (χ2n) is 13.1. The van der Waals surface area contributed by atoms with Crippen LogP contribution in [-0.2, 0) is 22.8 Å². The van der Waals surface area contributed by atoms with Crippen LogP contribution in [0.4, 0.5) is 0 Å². The Morgan fingerprint density at radius 3 is 1.34 bits per heavy atom. The third-order valence-electron chi connectivity index (χ3n) is 5.68. The van der Waals surface area contributed by atoms with Gasteiger partial charge in [0, 0.05) is 12.5 Å². The molecule has 0 unspecified atom stereocenters. The van der Waals surface area contributed by atoms with Gasteiger partial charge in [0.25, 0.3) is 0 Å². The molecule has 3 atom stereocenters. The van der Waals surface area contributed by atoms with Crippen molar-refractivity contribution in [3.05, 3.63) is 0 Å². The Hall–Kier alpha value is 0.000649. The van der Waals surface area contributed by atoms with E-state index in [0.29, 0.717) is 12.5 Å². The smallest absolute Gasteiger partial charge is 0.305 e. The average Bonchev–Trinajstić information content (AvgIpc) is 2.68. The third-order valence-corrected chi connectivity index (χ3v) is 8.80. The standard InChI is InChI=1S/C27H60O5Si3/c1-24(30-33(3,4)5)20-16-14-12-13-15-17-21-25(31-34(6,7)8)26(32-35(9,10)11)22-18-19-23-27(28)29-2/h24-26H,12-23H2,1-11H3/t24-,25-,26-/m0/s1. The first-order chi connectivity index (χ1) is 16.0. The molecule has 0 aromatic rings. The van der Waals surface area contributed by atoms with Crippen LogP contribution in [0.1, 0.15) is 84.0 Å². The monoisotopic (exact) mass is 548 g/mol. The first-order valence-electron chi connectivity index (χ1n) is 14.1. The van der Waals surface area contributed by atoms with Gasteiger partial charge in [0.2, 0.25) is 0 Å². The highest BCUT2D eigenvalue weighted by atomic mass is 28.4. The van der Waals surface area contributed by atoms with Gasteiger partial charge in [-0.1, -0.05) is 44.9 Å². The third kappa shape index (κ3) is 22.9. The van der Waals surface area contributed by atoms with E-state index in [1.54, 1.807) is 0 Å². The Balaban J connectivity index is 4.61. The minimum Gasteiger partial charge on any atom is -0.469 e. The molecule has 0 aromatic heterocycles.